The van der Waals surface area contributed by atoms with Crippen molar-refractivity contribution in [1.82, 2.24) is 4.90 Å². The lowest BCUT2D eigenvalue weighted by atomic mass is 10.2. The number of carbonyl (C=O) groups excluding carboxylic acids is 1. The first-order valence-electron chi connectivity index (χ1n) is 9.68. The van der Waals surface area contributed by atoms with Crippen LogP contribution in [-0.4, -0.2) is 31.0 Å². The number of para-hydroxylation sites is 1. The highest BCUT2D eigenvalue weighted by Crippen LogP contribution is 2.30. The van der Waals surface area contributed by atoms with Crippen molar-refractivity contribution in [2.24, 2.45) is 0 Å². The maximum Gasteiger partial charge on any atom is 0.238 e. The summed E-state index contributed by atoms with van der Waals surface area (Å²) in [4.78, 5) is 15.7. The molecule has 0 unspecified atom stereocenters. The predicted molar refractivity (Wildman–Crippen MR) is 125 cm³/mol. The van der Waals surface area contributed by atoms with Gasteiger partial charge in [-0.05, 0) is 63.8 Å². The van der Waals surface area contributed by atoms with Gasteiger partial charge in [0.2, 0.25) is 5.91 Å². The largest absolute Gasteiger partial charge is 0.493 e. The second-order valence-electron chi connectivity index (χ2n) is 6.68. The number of benzene rings is 2. The highest BCUT2D eigenvalue weighted by atomic mass is 79.9. The molecule has 3 aromatic rings. The molecule has 0 fully saturated rings. The zero-order valence-electron chi connectivity index (χ0n) is 17.1. The van der Waals surface area contributed by atoms with Crippen LogP contribution in [0.25, 0.3) is 0 Å². The third kappa shape index (κ3) is 6.32. The van der Waals surface area contributed by atoms with E-state index in [-0.39, 0.29) is 5.91 Å². The summed E-state index contributed by atoms with van der Waals surface area (Å²) in [7, 11) is 1.64. The standard InChI is InChI=1S/C23H25BrN2O3S/c1-3-26(15-23(27)25-20-9-5-4-8-19(20)24)14-17-10-11-21(22(13-17)28-2)29-16-18-7-6-12-30-18/h4-13H,3,14-16H2,1-2H3,(H,25,27). The monoisotopic (exact) mass is 488 g/mol. The lowest BCUT2D eigenvalue weighted by Gasteiger charge is -2.21. The van der Waals surface area contributed by atoms with Crippen molar-refractivity contribution in [3.05, 3.63) is 74.9 Å². The van der Waals surface area contributed by atoms with Gasteiger partial charge in [-0.2, -0.15) is 0 Å². The number of hydrogen-bond donors (Lipinski definition) is 1. The fourth-order valence-corrected chi connectivity index (χ4v) is 3.97. The number of carbonyl (C=O) groups is 1. The maximum atomic E-state index is 12.5. The minimum Gasteiger partial charge on any atom is -0.493 e. The molecule has 0 spiro atoms. The number of halogens is 1. The minimum atomic E-state index is -0.0494. The zero-order chi connectivity index (χ0) is 21.3. The summed E-state index contributed by atoms with van der Waals surface area (Å²) >= 11 is 5.12. The molecule has 2 aromatic carbocycles. The molecule has 0 aliphatic rings. The molecule has 158 valence electrons. The Morgan fingerprint density at radius 3 is 2.67 bits per heavy atom. The molecule has 1 N–H and O–H groups in total. The molecule has 0 atom stereocenters. The Balaban J connectivity index is 1.60. The average Bonchev–Trinajstić information content (AvgIpc) is 3.27. The molecule has 0 aliphatic heterocycles. The predicted octanol–water partition coefficient (Wildman–Crippen LogP) is 5.56. The van der Waals surface area contributed by atoms with Gasteiger partial charge >= 0.3 is 0 Å². The number of amides is 1. The van der Waals surface area contributed by atoms with Gasteiger partial charge in [-0.1, -0.05) is 31.2 Å². The van der Waals surface area contributed by atoms with Crippen molar-refractivity contribution in [2.45, 2.75) is 20.1 Å². The van der Waals surface area contributed by atoms with E-state index in [1.165, 1.54) is 0 Å². The van der Waals surface area contributed by atoms with Gasteiger partial charge in [0, 0.05) is 15.9 Å². The fraction of sp³-hybridized carbons (Fsp3) is 0.261. The smallest absolute Gasteiger partial charge is 0.238 e. The molecule has 0 saturated heterocycles. The summed E-state index contributed by atoms with van der Waals surface area (Å²) in [5.74, 6) is 1.36. The van der Waals surface area contributed by atoms with Crippen molar-refractivity contribution >= 4 is 38.9 Å². The van der Waals surface area contributed by atoms with E-state index in [2.05, 4.69) is 26.1 Å². The van der Waals surface area contributed by atoms with Crippen LogP contribution in [-0.2, 0) is 17.9 Å². The van der Waals surface area contributed by atoms with Gasteiger partial charge in [0.25, 0.3) is 0 Å². The third-order valence-electron chi connectivity index (χ3n) is 4.55. The first kappa shape index (κ1) is 22.3. The Hall–Kier alpha value is -2.35. The second kappa shape index (κ2) is 11.2. The number of hydrogen-bond acceptors (Lipinski definition) is 5. The van der Waals surface area contributed by atoms with E-state index in [1.54, 1.807) is 18.4 Å². The van der Waals surface area contributed by atoms with Crippen molar-refractivity contribution in [3.8, 4) is 11.5 Å². The zero-order valence-corrected chi connectivity index (χ0v) is 19.5. The van der Waals surface area contributed by atoms with Crippen LogP contribution in [0.1, 0.15) is 17.4 Å². The summed E-state index contributed by atoms with van der Waals surface area (Å²) in [6, 6.07) is 17.6. The summed E-state index contributed by atoms with van der Waals surface area (Å²) in [5.41, 5.74) is 1.83. The van der Waals surface area contributed by atoms with Crippen molar-refractivity contribution in [3.63, 3.8) is 0 Å². The van der Waals surface area contributed by atoms with Gasteiger partial charge < -0.3 is 14.8 Å². The maximum absolute atomic E-state index is 12.5. The van der Waals surface area contributed by atoms with Crippen LogP contribution in [0.3, 0.4) is 0 Å². The number of thiophene rings is 1. The van der Waals surface area contributed by atoms with Crippen LogP contribution in [0, 0.1) is 0 Å². The molecular formula is C23H25BrN2O3S. The van der Waals surface area contributed by atoms with Gasteiger partial charge in [0.1, 0.15) is 6.61 Å². The van der Waals surface area contributed by atoms with Crippen LogP contribution >= 0.6 is 27.3 Å². The third-order valence-corrected chi connectivity index (χ3v) is 6.09. The number of anilines is 1. The van der Waals surface area contributed by atoms with E-state index >= 15 is 0 Å². The average molecular weight is 489 g/mol. The molecule has 1 amide bonds. The fourth-order valence-electron chi connectivity index (χ4n) is 2.97. The summed E-state index contributed by atoms with van der Waals surface area (Å²) in [6.07, 6.45) is 0. The number of ether oxygens (including phenoxy) is 2. The molecule has 3 rings (SSSR count). The molecular weight excluding hydrogens is 464 g/mol. The highest BCUT2D eigenvalue weighted by Gasteiger charge is 2.13. The first-order valence-corrected chi connectivity index (χ1v) is 11.3. The molecule has 1 heterocycles. The Morgan fingerprint density at radius 1 is 1.13 bits per heavy atom. The Kier molecular flexibility index (Phi) is 8.30. The molecule has 0 bridgehead atoms. The number of rotatable bonds is 10. The Bertz CT molecular complexity index is 963. The van der Waals surface area contributed by atoms with Crippen molar-refractivity contribution in [2.75, 3.05) is 25.5 Å². The topological polar surface area (TPSA) is 50.8 Å². The molecule has 30 heavy (non-hydrogen) atoms. The van der Waals surface area contributed by atoms with E-state index in [4.69, 9.17) is 9.47 Å². The second-order valence-corrected chi connectivity index (χ2v) is 8.57. The highest BCUT2D eigenvalue weighted by molar-refractivity contribution is 9.10. The van der Waals surface area contributed by atoms with E-state index in [0.717, 1.165) is 27.1 Å². The molecule has 0 radical (unpaired) electrons. The Labute approximate surface area is 189 Å². The number of likely N-dealkylation sites (N-methyl/N-ethyl adjacent to an activating group) is 1. The summed E-state index contributed by atoms with van der Waals surface area (Å²) in [5, 5.41) is 4.98. The SMILES string of the molecule is CCN(CC(=O)Nc1ccccc1Br)Cc1ccc(OCc2cccs2)c(OC)c1. The molecule has 7 heteroatoms. The van der Waals surface area contributed by atoms with Crippen LogP contribution in [0.5, 0.6) is 11.5 Å². The van der Waals surface area contributed by atoms with Gasteiger partial charge in [0.05, 0.1) is 19.3 Å². The lowest BCUT2D eigenvalue weighted by Crippen LogP contribution is -2.32. The minimum absolute atomic E-state index is 0.0494. The number of nitrogens with one attached hydrogen (secondary N) is 1. The number of methoxy groups -OCH3 is 1. The normalized spacial score (nSPS) is 10.8. The van der Waals surface area contributed by atoms with E-state index in [9.17, 15) is 4.79 Å². The molecule has 1 aromatic heterocycles. The van der Waals surface area contributed by atoms with E-state index < -0.39 is 0 Å². The quantitative estimate of drug-likeness (QED) is 0.405. The van der Waals surface area contributed by atoms with Crippen molar-refractivity contribution < 1.29 is 14.3 Å². The number of nitrogens with zero attached hydrogens (tertiary/aromatic N) is 1. The van der Waals surface area contributed by atoms with Crippen LogP contribution in [0.2, 0.25) is 0 Å². The molecule has 5 nitrogen and oxygen atoms in total. The Morgan fingerprint density at radius 2 is 1.97 bits per heavy atom. The first-order chi connectivity index (χ1) is 14.6. The van der Waals surface area contributed by atoms with Gasteiger partial charge in [-0.25, -0.2) is 0 Å². The molecule has 0 aliphatic carbocycles. The van der Waals surface area contributed by atoms with Crippen LogP contribution in [0.4, 0.5) is 5.69 Å². The summed E-state index contributed by atoms with van der Waals surface area (Å²) in [6.45, 7) is 4.26. The van der Waals surface area contributed by atoms with E-state index in [0.29, 0.717) is 31.2 Å². The summed E-state index contributed by atoms with van der Waals surface area (Å²) < 4.78 is 12.3. The van der Waals surface area contributed by atoms with Gasteiger partial charge in [0.15, 0.2) is 11.5 Å². The lowest BCUT2D eigenvalue weighted by molar-refractivity contribution is -0.117. The van der Waals surface area contributed by atoms with E-state index in [1.807, 2.05) is 66.9 Å². The van der Waals surface area contributed by atoms with Crippen LogP contribution < -0.4 is 14.8 Å². The molecule has 0 saturated carbocycles. The van der Waals surface area contributed by atoms with Crippen LogP contribution in [0.15, 0.2) is 64.5 Å². The van der Waals surface area contributed by atoms with Gasteiger partial charge in [-0.15, -0.1) is 11.3 Å². The van der Waals surface area contributed by atoms with Gasteiger partial charge in [-0.3, -0.25) is 9.69 Å². The van der Waals surface area contributed by atoms with Crippen molar-refractivity contribution in [1.29, 1.82) is 0 Å².